The highest BCUT2D eigenvalue weighted by molar-refractivity contribution is 7.89. The van der Waals surface area contributed by atoms with Gasteiger partial charge in [-0.2, -0.15) is 0 Å². The van der Waals surface area contributed by atoms with Crippen molar-refractivity contribution in [3.63, 3.8) is 0 Å². The number of oxazole rings is 1. The van der Waals surface area contributed by atoms with Gasteiger partial charge < -0.3 is 14.2 Å². The second-order valence-electron chi connectivity index (χ2n) is 7.08. The van der Waals surface area contributed by atoms with Gasteiger partial charge in [0.15, 0.2) is 11.7 Å². The van der Waals surface area contributed by atoms with E-state index in [0.717, 1.165) is 0 Å². The molecule has 0 atom stereocenters. The maximum absolute atomic E-state index is 13.9. The van der Waals surface area contributed by atoms with Gasteiger partial charge in [0.25, 0.3) is 0 Å². The van der Waals surface area contributed by atoms with Crippen LogP contribution in [0.1, 0.15) is 18.1 Å². The highest BCUT2D eigenvalue weighted by atomic mass is 32.2. The first-order valence-electron chi connectivity index (χ1n) is 10.0. The van der Waals surface area contributed by atoms with Gasteiger partial charge in [0.1, 0.15) is 11.6 Å². The predicted octanol–water partition coefficient (Wildman–Crippen LogP) is 4.12. The number of sulfonamides is 1. The molecule has 33 heavy (non-hydrogen) atoms. The molecule has 0 radical (unpaired) electrons. The summed E-state index contributed by atoms with van der Waals surface area (Å²) in [5.41, 5.74) is 0.625. The average molecular weight is 469 g/mol. The summed E-state index contributed by atoms with van der Waals surface area (Å²) in [6.45, 7) is 0.0108. The third-order valence-corrected chi connectivity index (χ3v) is 6.10. The number of benzene rings is 2. The van der Waals surface area contributed by atoms with Gasteiger partial charge in [-0.3, -0.25) is 4.79 Å². The van der Waals surface area contributed by atoms with Crippen LogP contribution in [0.5, 0.6) is 0 Å². The Morgan fingerprint density at radius 2 is 1.91 bits per heavy atom. The van der Waals surface area contributed by atoms with Crippen LogP contribution in [0, 0.1) is 5.82 Å². The fourth-order valence-corrected chi connectivity index (χ4v) is 4.10. The van der Waals surface area contributed by atoms with Gasteiger partial charge in [-0.05, 0) is 42.5 Å². The molecular formula is C23H20FN3O5S. The molecule has 0 aliphatic rings. The molecule has 2 N–H and O–H groups in total. The molecule has 8 nitrogen and oxygen atoms in total. The summed E-state index contributed by atoms with van der Waals surface area (Å²) in [6, 6.07) is 15.4. The minimum absolute atomic E-state index is 0.00841. The van der Waals surface area contributed by atoms with Crippen LogP contribution < -0.4 is 10.0 Å². The Balaban J connectivity index is 1.34. The minimum atomic E-state index is -3.79. The fraction of sp³-hybridized carbons (Fsp3) is 0.130. The lowest BCUT2D eigenvalue weighted by atomic mass is 10.2. The Hall–Kier alpha value is -3.76. The number of halogens is 1. The van der Waals surface area contributed by atoms with Gasteiger partial charge in [0.2, 0.25) is 15.9 Å². The molecule has 0 bridgehead atoms. The number of hydrogen-bond acceptors (Lipinski definition) is 6. The number of nitrogens with one attached hydrogen (secondary N) is 2. The molecule has 0 aliphatic heterocycles. The molecule has 4 aromatic rings. The van der Waals surface area contributed by atoms with Crippen LogP contribution in [0.15, 0.2) is 86.9 Å². The van der Waals surface area contributed by atoms with E-state index < -0.39 is 15.8 Å². The predicted molar refractivity (Wildman–Crippen MR) is 118 cm³/mol. The zero-order valence-corrected chi connectivity index (χ0v) is 18.1. The highest BCUT2D eigenvalue weighted by Crippen LogP contribution is 2.24. The van der Waals surface area contributed by atoms with Crippen LogP contribution in [-0.4, -0.2) is 19.3 Å². The second kappa shape index (κ2) is 9.80. The zero-order chi connectivity index (χ0) is 23.3. The summed E-state index contributed by atoms with van der Waals surface area (Å²) >= 11 is 0. The number of amides is 1. The fourth-order valence-electron chi connectivity index (χ4n) is 3.06. The van der Waals surface area contributed by atoms with E-state index in [1.807, 2.05) is 0 Å². The molecule has 2 aromatic heterocycles. The van der Waals surface area contributed by atoms with E-state index in [0.29, 0.717) is 22.9 Å². The summed E-state index contributed by atoms with van der Waals surface area (Å²) < 4.78 is 52.0. The third-order valence-electron chi connectivity index (χ3n) is 4.70. The maximum atomic E-state index is 13.9. The number of anilines is 1. The van der Waals surface area contributed by atoms with E-state index >= 15 is 0 Å². The van der Waals surface area contributed by atoms with Crippen molar-refractivity contribution in [3.8, 4) is 11.3 Å². The number of hydrogen-bond donors (Lipinski definition) is 2. The zero-order valence-electron chi connectivity index (χ0n) is 17.3. The van der Waals surface area contributed by atoms with E-state index in [1.54, 1.807) is 36.4 Å². The summed E-state index contributed by atoms with van der Waals surface area (Å²) in [4.78, 5) is 16.4. The van der Waals surface area contributed by atoms with Gasteiger partial charge in [0, 0.05) is 18.5 Å². The largest absolute Gasteiger partial charge is 0.468 e. The molecule has 4 rings (SSSR count). The van der Waals surface area contributed by atoms with Gasteiger partial charge in [-0.25, -0.2) is 22.5 Å². The summed E-state index contributed by atoms with van der Waals surface area (Å²) in [5.74, 6) is 0.281. The summed E-state index contributed by atoms with van der Waals surface area (Å²) in [6.07, 6.45) is 3.11. The standard InChI is InChI=1S/C23H20FN3O5S/c24-20-9-2-1-8-19(20)21-15-25-23(32-21)11-10-22(28)27-16-5-3-7-18(13-16)33(29,30)26-14-17-6-4-12-31-17/h1-9,12-13,15,26H,10-11,14H2,(H,27,28). The van der Waals surface area contributed by atoms with E-state index in [2.05, 4.69) is 15.0 Å². The Morgan fingerprint density at radius 3 is 2.70 bits per heavy atom. The Bertz CT molecular complexity index is 1350. The lowest BCUT2D eigenvalue weighted by Gasteiger charge is -2.09. The second-order valence-corrected chi connectivity index (χ2v) is 8.84. The van der Waals surface area contributed by atoms with E-state index in [1.165, 1.54) is 36.7 Å². The van der Waals surface area contributed by atoms with Crippen LogP contribution in [0.2, 0.25) is 0 Å². The SMILES string of the molecule is O=C(CCc1ncc(-c2ccccc2F)o1)Nc1cccc(S(=O)(=O)NCc2ccco2)c1. The number of furan rings is 1. The molecule has 170 valence electrons. The van der Waals surface area contributed by atoms with Crippen molar-refractivity contribution < 1.29 is 26.4 Å². The molecular weight excluding hydrogens is 449 g/mol. The maximum Gasteiger partial charge on any atom is 0.241 e. The number of nitrogens with zero attached hydrogens (tertiary/aromatic N) is 1. The van der Waals surface area contributed by atoms with Crippen molar-refractivity contribution in [2.75, 3.05) is 5.32 Å². The first kappa shape index (κ1) is 22.4. The first-order chi connectivity index (χ1) is 15.9. The van der Waals surface area contributed by atoms with Crippen molar-refractivity contribution in [2.24, 2.45) is 0 Å². The lowest BCUT2D eigenvalue weighted by molar-refractivity contribution is -0.116. The van der Waals surface area contributed by atoms with Crippen LogP contribution in [0.25, 0.3) is 11.3 Å². The van der Waals surface area contributed by atoms with Gasteiger partial charge >= 0.3 is 0 Å². The topological polar surface area (TPSA) is 114 Å². The van der Waals surface area contributed by atoms with Crippen molar-refractivity contribution in [1.82, 2.24) is 9.71 Å². The molecule has 0 fully saturated rings. The molecule has 10 heteroatoms. The van der Waals surface area contributed by atoms with Crippen LogP contribution in [-0.2, 0) is 27.8 Å². The summed E-state index contributed by atoms with van der Waals surface area (Å²) in [5, 5.41) is 2.66. The van der Waals surface area contributed by atoms with E-state index in [-0.39, 0.29) is 35.9 Å². The number of rotatable bonds is 9. The van der Waals surface area contributed by atoms with E-state index in [4.69, 9.17) is 8.83 Å². The number of carbonyl (C=O) groups excluding carboxylic acids is 1. The molecule has 0 aliphatic carbocycles. The first-order valence-corrected chi connectivity index (χ1v) is 11.5. The normalized spacial score (nSPS) is 11.4. The number of carbonyl (C=O) groups is 1. The molecule has 0 unspecified atom stereocenters. The molecule has 0 spiro atoms. The van der Waals surface area contributed by atoms with Crippen LogP contribution in [0.3, 0.4) is 0 Å². The highest BCUT2D eigenvalue weighted by Gasteiger charge is 2.16. The third kappa shape index (κ3) is 5.73. The monoisotopic (exact) mass is 469 g/mol. The number of aromatic nitrogens is 1. The Morgan fingerprint density at radius 1 is 1.06 bits per heavy atom. The van der Waals surface area contributed by atoms with Crippen molar-refractivity contribution >= 4 is 21.6 Å². The molecule has 0 saturated heterocycles. The molecule has 2 aromatic carbocycles. The van der Waals surface area contributed by atoms with Crippen LogP contribution >= 0.6 is 0 Å². The van der Waals surface area contributed by atoms with Gasteiger partial charge in [-0.15, -0.1) is 0 Å². The molecule has 0 saturated carbocycles. The Kier molecular flexibility index (Phi) is 6.66. The van der Waals surface area contributed by atoms with Gasteiger partial charge in [-0.1, -0.05) is 18.2 Å². The smallest absolute Gasteiger partial charge is 0.241 e. The quantitative estimate of drug-likeness (QED) is 0.381. The number of aryl methyl sites for hydroxylation is 1. The minimum Gasteiger partial charge on any atom is -0.468 e. The lowest BCUT2D eigenvalue weighted by Crippen LogP contribution is -2.23. The van der Waals surface area contributed by atoms with Crippen molar-refractivity contribution in [3.05, 3.63) is 90.6 Å². The average Bonchev–Trinajstić information content (AvgIpc) is 3.49. The van der Waals surface area contributed by atoms with E-state index in [9.17, 15) is 17.6 Å². The summed E-state index contributed by atoms with van der Waals surface area (Å²) in [7, 11) is -3.79. The van der Waals surface area contributed by atoms with Crippen LogP contribution in [0.4, 0.5) is 10.1 Å². The van der Waals surface area contributed by atoms with Gasteiger partial charge in [0.05, 0.1) is 29.5 Å². The van der Waals surface area contributed by atoms with Crippen molar-refractivity contribution in [1.29, 1.82) is 0 Å². The van der Waals surface area contributed by atoms with Crippen molar-refractivity contribution in [2.45, 2.75) is 24.3 Å². The Labute approximate surface area is 189 Å². The molecule has 1 amide bonds. The molecule has 2 heterocycles.